The van der Waals surface area contributed by atoms with Crippen molar-refractivity contribution in [3.05, 3.63) is 67.4 Å². The maximum atomic E-state index is 12.6. The molecule has 2 N–H and O–H groups in total. The fourth-order valence-electron chi connectivity index (χ4n) is 3.71. The number of nitrogens with zero attached hydrogens (tertiary/aromatic N) is 2. The van der Waals surface area contributed by atoms with Crippen LogP contribution in [0, 0.1) is 0 Å². The van der Waals surface area contributed by atoms with Crippen LogP contribution in [0.1, 0.15) is 23.8 Å². The maximum absolute atomic E-state index is 12.6. The zero-order valence-corrected chi connectivity index (χ0v) is 16.2. The van der Waals surface area contributed by atoms with Crippen LogP contribution < -0.4 is 16.4 Å². The molecule has 0 saturated carbocycles. The Morgan fingerprint density at radius 3 is 2.57 bits per heavy atom. The average Bonchev–Trinajstić information content (AvgIpc) is 3.41. The number of hydrogen-bond donors (Lipinski definition) is 2. The fraction of sp³-hybridized carbons (Fsp3) is 0.350. The van der Waals surface area contributed by atoms with Crippen LogP contribution in [-0.2, 0) is 11.3 Å². The zero-order valence-electron chi connectivity index (χ0n) is 15.4. The number of thiophene rings is 1. The molecule has 1 aliphatic heterocycles. The van der Waals surface area contributed by atoms with Crippen molar-refractivity contribution in [1.29, 1.82) is 0 Å². The second-order valence-corrected chi connectivity index (χ2v) is 7.94. The predicted molar refractivity (Wildman–Crippen MR) is 110 cm³/mol. The van der Waals surface area contributed by atoms with Crippen LogP contribution in [0.3, 0.4) is 0 Å². The number of fused-ring (bicyclic) bond motifs is 1. The van der Waals surface area contributed by atoms with Crippen LogP contribution in [0.15, 0.2) is 51.4 Å². The van der Waals surface area contributed by atoms with Gasteiger partial charge in [-0.2, -0.15) is 0 Å². The smallest absolute Gasteiger partial charge is 0.273 e. The summed E-state index contributed by atoms with van der Waals surface area (Å²) in [6, 6.07) is 10.9. The molecule has 1 atom stereocenters. The number of aromatic nitrogens is 2. The standard InChI is InChI=1S/C20H22N4O3S/c25-18(13-24-20(27)15-7-2-1-6-14(15)19(26)22-24)21-12-16(17-8-5-11-28-17)23-9-3-4-10-23/h1-2,5-8,11,16H,3-4,9-10,12-13H2,(H,21,25)(H,22,26). The molecule has 3 heterocycles. The molecule has 3 aromatic rings. The molecular weight excluding hydrogens is 376 g/mol. The van der Waals surface area contributed by atoms with Gasteiger partial charge in [-0.15, -0.1) is 11.3 Å². The molecule has 1 fully saturated rings. The number of amides is 1. The van der Waals surface area contributed by atoms with Crippen LogP contribution in [-0.4, -0.2) is 40.2 Å². The molecule has 146 valence electrons. The van der Waals surface area contributed by atoms with E-state index in [1.165, 1.54) is 17.7 Å². The molecule has 1 aromatic carbocycles. The number of aromatic amines is 1. The van der Waals surface area contributed by atoms with E-state index in [9.17, 15) is 14.4 Å². The van der Waals surface area contributed by atoms with Crippen molar-refractivity contribution in [2.75, 3.05) is 19.6 Å². The molecule has 0 bridgehead atoms. The number of hydrogen-bond acceptors (Lipinski definition) is 5. The highest BCUT2D eigenvalue weighted by molar-refractivity contribution is 7.10. The lowest BCUT2D eigenvalue weighted by atomic mass is 10.2. The van der Waals surface area contributed by atoms with Crippen molar-refractivity contribution in [2.45, 2.75) is 25.4 Å². The highest BCUT2D eigenvalue weighted by Gasteiger charge is 2.24. The van der Waals surface area contributed by atoms with Gasteiger partial charge in [-0.25, -0.2) is 4.68 Å². The van der Waals surface area contributed by atoms with Crippen molar-refractivity contribution in [3.63, 3.8) is 0 Å². The van der Waals surface area contributed by atoms with Gasteiger partial charge < -0.3 is 5.32 Å². The molecule has 1 amide bonds. The molecule has 1 saturated heterocycles. The summed E-state index contributed by atoms with van der Waals surface area (Å²) >= 11 is 1.68. The topological polar surface area (TPSA) is 87.2 Å². The first-order chi connectivity index (χ1) is 13.6. The number of rotatable bonds is 6. The van der Waals surface area contributed by atoms with E-state index in [-0.39, 0.29) is 29.6 Å². The molecule has 8 heteroatoms. The van der Waals surface area contributed by atoms with Gasteiger partial charge >= 0.3 is 0 Å². The first-order valence-corrected chi connectivity index (χ1v) is 10.3. The first-order valence-electron chi connectivity index (χ1n) is 9.39. The fourth-order valence-corrected chi connectivity index (χ4v) is 4.57. The Morgan fingerprint density at radius 2 is 1.86 bits per heavy atom. The number of nitrogens with one attached hydrogen (secondary N) is 2. The second-order valence-electron chi connectivity index (χ2n) is 6.96. The molecule has 0 radical (unpaired) electrons. The maximum Gasteiger partial charge on any atom is 0.273 e. The molecule has 0 spiro atoms. The summed E-state index contributed by atoms with van der Waals surface area (Å²) in [6.45, 7) is 2.31. The predicted octanol–water partition coefficient (Wildman–Crippen LogP) is 1.70. The lowest BCUT2D eigenvalue weighted by molar-refractivity contribution is -0.122. The van der Waals surface area contributed by atoms with Crippen LogP contribution in [0.5, 0.6) is 0 Å². The van der Waals surface area contributed by atoms with E-state index in [0.717, 1.165) is 17.8 Å². The van der Waals surface area contributed by atoms with Crippen LogP contribution >= 0.6 is 11.3 Å². The van der Waals surface area contributed by atoms with Gasteiger partial charge in [-0.3, -0.25) is 24.4 Å². The van der Waals surface area contributed by atoms with Gasteiger partial charge in [0.05, 0.1) is 16.8 Å². The van der Waals surface area contributed by atoms with Crippen LogP contribution in [0.25, 0.3) is 10.8 Å². The summed E-state index contributed by atoms with van der Waals surface area (Å²) in [5.74, 6) is -0.297. The first kappa shape index (κ1) is 18.6. The summed E-state index contributed by atoms with van der Waals surface area (Å²) < 4.78 is 1.08. The minimum Gasteiger partial charge on any atom is -0.353 e. The Kier molecular flexibility index (Phi) is 5.40. The van der Waals surface area contributed by atoms with Crippen molar-refractivity contribution in [3.8, 4) is 0 Å². The third-order valence-electron chi connectivity index (χ3n) is 5.13. The Bertz CT molecular complexity index is 1080. The molecule has 0 aliphatic carbocycles. The molecule has 4 rings (SSSR count). The van der Waals surface area contributed by atoms with Gasteiger partial charge in [0.25, 0.3) is 11.1 Å². The Labute approximate surface area is 165 Å². The van der Waals surface area contributed by atoms with E-state index >= 15 is 0 Å². The minimum absolute atomic E-state index is 0.138. The third-order valence-corrected chi connectivity index (χ3v) is 6.10. The van der Waals surface area contributed by atoms with E-state index in [2.05, 4.69) is 21.4 Å². The van der Waals surface area contributed by atoms with Crippen molar-refractivity contribution < 1.29 is 4.79 Å². The highest BCUT2D eigenvalue weighted by Crippen LogP contribution is 2.27. The van der Waals surface area contributed by atoms with Crippen molar-refractivity contribution in [1.82, 2.24) is 20.0 Å². The summed E-state index contributed by atoms with van der Waals surface area (Å²) in [7, 11) is 0. The van der Waals surface area contributed by atoms with E-state index < -0.39 is 0 Å². The summed E-state index contributed by atoms with van der Waals surface area (Å²) in [6.07, 6.45) is 2.34. The minimum atomic E-state index is -0.378. The van der Waals surface area contributed by atoms with Crippen LogP contribution in [0.4, 0.5) is 0 Å². The second kappa shape index (κ2) is 8.12. The van der Waals surface area contributed by atoms with E-state index in [0.29, 0.717) is 17.3 Å². The van der Waals surface area contributed by atoms with Gasteiger partial charge in [0.15, 0.2) is 0 Å². The molecule has 1 aliphatic rings. The summed E-state index contributed by atoms with van der Waals surface area (Å²) in [4.78, 5) is 40.8. The lowest BCUT2D eigenvalue weighted by Crippen LogP contribution is -2.40. The molecular formula is C20H22N4O3S. The highest BCUT2D eigenvalue weighted by atomic mass is 32.1. The van der Waals surface area contributed by atoms with Gasteiger partial charge in [-0.05, 0) is 49.5 Å². The number of H-pyrrole nitrogens is 1. The van der Waals surface area contributed by atoms with Crippen LogP contribution in [0.2, 0.25) is 0 Å². The monoisotopic (exact) mass is 398 g/mol. The molecule has 28 heavy (non-hydrogen) atoms. The van der Waals surface area contributed by atoms with E-state index in [1.807, 2.05) is 11.4 Å². The lowest BCUT2D eigenvalue weighted by Gasteiger charge is -2.27. The largest absolute Gasteiger partial charge is 0.353 e. The Morgan fingerprint density at radius 1 is 1.11 bits per heavy atom. The van der Waals surface area contributed by atoms with Gasteiger partial charge in [0.1, 0.15) is 6.54 Å². The number of carbonyl (C=O) groups is 1. The molecule has 1 unspecified atom stereocenters. The quantitative estimate of drug-likeness (QED) is 0.662. The van der Waals surface area contributed by atoms with E-state index in [1.54, 1.807) is 35.6 Å². The average molecular weight is 398 g/mol. The number of carbonyl (C=O) groups excluding carboxylic acids is 1. The molecule has 7 nitrogen and oxygen atoms in total. The normalized spacial score (nSPS) is 15.7. The Balaban J connectivity index is 1.48. The van der Waals surface area contributed by atoms with Crippen molar-refractivity contribution >= 4 is 28.0 Å². The SMILES string of the molecule is O=C(Cn1[nH]c(=O)c2ccccc2c1=O)NCC(c1cccs1)N1CCCC1. The summed E-state index contributed by atoms with van der Waals surface area (Å²) in [5.41, 5.74) is -0.753. The van der Waals surface area contributed by atoms with Gasteiger partial charge in [0, 0.05) is 11.4 Å². The van der Waals surface area contributed by atoms with Gasteiger partial charge in [0.2, 0.25) is 5.91 Å². The zero-order chi connectivity index (χ0) is 19.5. The number of benzene rings is 1. The molecule has 2 aromatic heterocycles. The van der Waals surface area contributed by atoms with Gasteiger partial charge in [-0.1, -0.05) is 18.2 Å². The Hall–Kier alpha value is -2.71. The van der Waals surface area contributed by atoms with E-state index in [4.69, 9.17) is 0 Å². The number of likely N-dealkylation sites (tertiary alicyclic amines) is 1. The third kappa shape index (κ3) is 3.79. The summed E-state index contributed by atoms with van der Waals surface area (Å²) in [5, 5.41) is 8.12. The van der Waals surface area contributed by atoms with Crippen molar-refractivity contribution in [2.24, 2.45) is 0 Å².